The summed E-state index contributed by atoms with van der Waals surface area (Å²) < 4.78 is 0. The molecule has 0 amide bonds. The Morgan fingerprint density at radius 1 is 1.11 bits per heavy atom. The van der Waals surface area contributed by atoms with Crippen LogP contribution < -0.4 is 16.4 Å². The first-order valence-electron chi connectivity index (χ1n) is 8.38. The largest absolute Gasteiger partial charge is 0.481 e. The van der Waals surface area contributed by atoms with Crippen molar-refractivity contribution < 1.29 is 30.0 Å². The van der Waals surface area contributed by atoms with E-state index in [9.17, 15) is 19.8 Å². The van der Waals surface area contributed by atoms with Gasteiger partial charge in [0.25, 0.3) is 0 Å². The Morgan fingerprint density at radius 3 is 2.15 bits per heavy atom. The van der Waals surface area contributed by atoms with Crippen molar-refractivity contribution in [2.75, 3.05) is 5.32 Å². The van der Waals surface area contributed by atoms with Gasteiger partial charge in [-0.25, -0.2) is 0 Å². The number of aliphatic hydroxyl groups is 2. The molecule has 0 aliphatic heterocycles. The second-order valence-corrected chi connectivity index (χ2v) is 6.24. The molecule has 0 bridgehead atoms. The number of benzene rings is 1. The molecule has 0 fully saturated rings. The molecule has 0 saturated heterocycles. The minimum absolute atomic E-state index is 0.0621. The molecule has 0 saturated carbocycles. The van der Waals surface area contributed by atoms with Crippen LogP contribution in [0.25, 0.3) is 0 Å². The number of carbonyl (C=O) groups is 2. The lowest BCUT2D eigenvalue weighted by molar-refractivity contribution is -0.149. The lowest BCUT2D eigenvalue weighted by Crippen LogP contribution is -2.44. The van der Waals surface area contributed by atoms with Gasteiger partial charge in [-0.15, -0.1) is 0 Å². The van der Waals surface area contributed by atoms with E-state index in [0.717, 1.165) is 0 Å². The summed E-state index contributed by atoms with van der Waals surface area (Å²) in [6.07, 6.45) is -2.35. The molecule has 0 aliphatic carbocycles. The summed E-state index contributed by atoms with van der Waals surface area (Å²) in [4.78, 5) is 21.9. The Hall–Kier alpha value is -2.69. The van der Waals surface area contributed by atoms with E-state index in [1.165, 1.54) is 6.92 Å². The third kappa shape index (κ3) is 8.03. The van der Waals surface area contributed by atoms with Crippen LogP contribution in [-0.2, 0) is 9.59 Å². The van der Waals surface area contributed by atoms with Crippen molar-refractivity contribution in [2.45, 2.75) is 44.7 Å². The number of hydrogen-bond acceptors (Lipinski definition) is 7. The monoisotopic (exact) mass is 382 g/mol. The molecule has 9 N–H and O–H groups in total. The number of nitrogens with two attached hydrogens (primary N) is 1. The van der Waals surface area contributed by atoms with Crippen molar-refractivity contribution in [3.8, 4) is 0 Å². The van der Waals surface area contributed by atoms with Gasteiger partial charge in [-0.05, 0) is 44.0 Å². The highest BCUT2D eigenvalue weighted by Gasteiger charge is 2.28. The van der Waals surface area contributed by atoms with Crippen LogP contribution in [0, 0.1) is 11.3 Å². The third-order valence-electron chi connectivity index (χ3n) is 4.01. The van der Waals surface area contributed by atoms with E-state index in [1.54, 1.807) is 24.3 Å². The fraction of sp³-hybridized carbons (Fsp3) is 0.471. The Morgan fingerprint density at radius 2 is 1.67 bits per heavy atom. The number of hydrogen-bond donors (Lipinski definition) is 8. The van der Waals surface area contributed by atoms with E-state index in [-0.39, 0.29) is 18.7 Å². The van der Waals surface area contributed by atoms with Gasteiger partial charge in [0.15, 0.2) is 0 Å². The van der Waals surface area contributed by atoms with E-state index in [4.69, 9.17) is 21.4 Å². The van der Waals surface area contributed by atoms with Gasteiger partial charge in [-0.3, -0.25) is 20.3 Å². The number of aliphatic carboxylic acids is 2. The Balaban J connectivity index is 2.45. The highest BCUT2D eigenvalue weighted by Crippen LogP contribution is 2.14. The van der Waals surface area contributed by atoms with Crippen LogP contribution in [-0.4, -0.2) is 56.7 Å². The topological polar surface area (TPSA) is 189 Å². The number of nitrogens with one attached hydrogen (secondary N) is 3. The molecule has 4 unspecified atom stereocenters. The molecule has 1 aromatic rings. The van der Waals surface area contributed by atoms with Gasteiger partial charge in [-0.1, -0.05) is 0 Å². The Bertz CT molecular complexity index is 651. The first-order chi connectivity index (χ1) is 12.6. The van der Waals surface area contributed by atoms with Crippen LogP contribution in [0.15, 0.2) is 24.3 Å². The second kappa shape index (κ2) is 10.5. The molecular weight excluding hydrogens is 356 g/mol. The van der Waals surface area contributed by atoms with Gasteiger partial charge in [0, 0.05) is 17.3 Å². The fourth-order valence-electron chi connectivity index (χ4n) is 2.50. The Kier molecular flexibility index (Phi) is 8.66. The van der Waals surface area contributed by atoms with E-state index in [0.29, 0.717) is 11.3 Å². The van der Waals surface area contributed by atoms with Gasteiger partial charge in [0.2, 0.25) is 0 Å². The van der Waals surface area contributed by atoms with Crippen LogP contribution in [0.2, 0.25) is 0 Å². The molecule has 0 aliphatic rings. The van der Waals surface area contributed by atoms with Crippen LogP contribution in [0.1, 0.15) is 31.7 Å². The maximum absolute atomic E-state index is 11.1. The summed E-state index contributed by atoms with van der Waals surface area (Å²) in [6.45, 7) is 1.48. The van der Waals surface area contributed by atoms with E-state index in [1.807, 2.05) is 0 Å². The number of amidine groups is 1. The number of carboxylic acids is 2. The van der Waals surface area contributed by atoms with Gasteiger partial charge >= 0.3 is 11.9 Å². The van der Waals surface area contributed by atoms with Crippen molar-refractivity contribution in [1.82, 2.24) is 5.32 Å². The molecule has 1 aromatic carbocycles. The van der Waals surface area contributed by atoms with Gasteiger partial charge in [0.05, 0.1) is 12.3 Å². The molecule has 1 rings (SSSR count). The smallest absolute Gasteiger partial charge is 0.308 e. The van der Waals surface area contributed by atoms with E-state index in [2.05, 4.69) is 10.6 Å². The maximum atomic E-state index is 11.1. The lowest BCUT2D eigenvalue weighted by atomic mass is 9.97. The fourth-order valence-corrected chi connectivity index (χ4v) is 2.50. The average molecular weight is 382 g/mol. The lowest BCUT2D eigenvalue weighted by Gasteiger charge is -2.24. The number of nitrogen functional groups attached to an aromatic ring is 1. The van der Waals surface area contributed by atoms with Gasteiger partial charge in [-0.2, -0.15) is 0 Å². The summed E-state index contributed by atoms with van der Waals surface area (Å²) in [7, 11) is 0. The summed E-state index contributed by atoms with van der Waals surface area (Å²) in [5.74, 6) is -3.74. The van der Waals surface area contributed by atoms with Crippen molar-refractivity contribution in [3.05, 3.63) is 29.8 Å². The van der Waals surface area contributed by atoms with Gasteiger partial charge < -0.3 is 31.5 Å². The predicted octanol–water partition coefficient (Wildman–Crippen LogP) is -0.0468. The van der Waals surface area contributed by atoms with Crippen molar-refractivity contribution in [1.29, 1.82) is 5.41 Å². The number of aliphatic hydroxyl groups excluding tert-OH is 2. The average Bonchev–Trinajstić information content (AvgIpc) is 2.57. The van der Waals surface area contributed by atoms with Crippen LogP contribution in [0.4, 0.5) is 5.69 Å². The summed E-state index contributed by atoms with van der Waals surface area (Å²) >= 11 is 0. The maximum Gasteiger partial charge on any atom is 0.308 e. The minimum Gasteiger partial charge on any atom is -0.481 e. The highest BCUT2D eigenvalue weighted by atomic mass is 16.4. The molecule has 10 heteroatoms. The molecular formula is C17H26N4O6. The van der Waals surface area contributed by atoms with Crippen LogP contribution in [0.3, 0.4) is 0 Å². The normalized spacial score (nSPS) is 15.4. The summed E-state index contributed by atoms with van der Waals surface area (Å²) in [6, 6.07) is 5.80. The van der Waals surface area contributed by atoms with Gasteiger partial charge in [0.1, 0.15) is 18.3 Å². The molecule has 0 radical (unpaired) electrons. The zero-order chi connectivity index (χ0) is 20.6. The molecule has 0 heterocycles. The van der Waals surface area contributed by atoms with Crippen LogP contribution in [0.5, 0.6) is 0 Å². The SMILES string of the molecule is CC(NC(O)CCC(O)Nc1ccc(C(=N)N)cc1)C(CC(=O)O)C(=O)O. The Labute approximate surface area is 156 Å². The second-order valence-electron chi connectivity index (χ2n) is 6.24. The zero-order valence-electron chi connectivity index (χ0n) is 14.9. The molecule has 0 spiro atoms. The number of anilines is 1. The highest BCUT2D eigenvalue weighted by molar-refractivity contribution is 5.95. The number of rotatable bonds is 12. The number of carboxylic acid groups (broad SMARTS) is 2. The standard InChI is InChI=1S/C17H26N4O6/c1-9(12(17(26)27)8-15(24)25)20-13(22)6-7-14(23)21-11-4-2-10(3-5-11)16(18)19/h2-5,9,12-14,20-23H,6-8H2,1H3,(H3,18,19)(H,24,25)(H,26,27). The molecule has 150 valence electrons. The van der Waals surface area contributed by atoms with Crippen molar-refractivity contribution in [2.24, 2.45) is 11.7 Å². The molecule has 10 nitrogen and oxygen atoms in total. The van der Waals surface area contributed by atoms with Crippen LogP contribution >= 0.6 is 0 Å². The minimum atomic E-state index is -1.26. The van der Waals surface area contributed by atoms with E-state index >= 15 is 0 Å². The molecule has 4 atom stereocenters. The summed E-state index contributed by atoms with van der Waals surface area (Å²) in [5.41, 5.74) is 6.52. The third-order valence-corrected chi connectivity index (χ3v) is 4.01. The molecule has 27 heavy (non-hydrogen) atoms. The first kappa shape index (κ1) is 22.4. The first-order valence-corrected chi connectivity index (χ1v) is 8.38. The zero-order valence-corrected chi connectivity index (χ0v) is 14.9. The predicted molar refractivity (Wildman–Crippen MR) is 98.3 cm³/mol. The quantitative estimate of drug-likeness (QED) is 0.139. The van der Waals surface area contributed by atoms with E-state index < -0.39 is 42.8 Å². The summed E-state index contributed by atoms with van der Waals surface area (Å²) in [5, 5.41) is 50.6. The van der Waals surface area contributed by atoms with Crippen molar-refractivity contribution in [3.63, 3.8) is 0 Å². The molecule has 0 aromatic heterocycles. The van der Waals surface area contributed by atoms with Crippen molar-refractivity contribution >= 4 is 23.5 Å².